The van der Waals surface area contributed by atoms with Gasteiger partial charge in [0, 0.05) is 28.7 Å². The molecule has 1 aromatic rings. The van der Waals surface area contributed by atoms with Gasteiger partial charge in [-0.3, -0.25) is 4.90 Å². The van der Waals surface area contributed by atoms with Crippen LogP contribution in [0.25, 0.3) is 0 Å². The molecule has 1 unspecified atom stereocenters. The summed E-state index contributed by atoms with van der Waals surface area (Å²) in [5.41, 5.74) is 6.70. The number of rotatable bonds is 3. The van der Waals surface area contributed by atoms with Crippen LogP contribution in [0.15, 0.2) is 18.2 Å². The number of benzene rings is 1. The molecule has 1 heterocycles. The zero-order valence-corrected chi connectivity index (χ0v) is 11.9. The van der Waals surface area contributed by atoms with Crippen LogP contribution >= 0.6 is 35.6 Å². The normalized spacial score (nSPS) is 20.3. The van der Waals surface area contributed by atoms with Gasteiger partial charge in [0.2, 0.25) is 0 Å². The Labute approximate surface area is 118 Å². The van der Waals surface area contributed by atoms with Crippen molar-refractivity contribution in [1.29, 1.82) is 0 Å². The lowest BCUT2D eigenvalue weighted by Gasteiger charge is -2.17. The third-order valence-corrected chi connectivity index (χ3v) is 3.85. The number of likely N-dealkylation sites (tertiary alicyclic amines) is 1. The summed E-state index contributed by atoms with van der Waals surface area (Å²) >= 11 is 12.3. The molecule has 2 N–H and O–H groups in total. The second-order valence-corrected chi connectivity index (χ2v) is 5.14. The highest BCUT2D eigenvalue weighted by Crippen LogP contribution is 2.27. The maximum Gasteiger partial charge on any atom is 0.0465 e. The molecule has 2 nitrogen and oxygen atoms in total. The Hall–Kier alpha value is 0.01000. The fourth-order valence-electron chi connectivity index (χ4n) is 2.16. The zero-order valence-electron chi connectivity index (χ0n) is 9.53. The minimum Gasteiger partial charge on any atom is -0.330 e. The van der Waals surface area contributed by atoms with E-state index in [9.17, 15) is 0 Å². The Morgan fingerprint density at radius 3 is 2.47 bits per heavy atom. The van der Waals surface area contributed by atoms with E-state index in [0.29, 0.717) is 5.92 Å². The fraction of sp³-hybridized carbons (Fsp3) is 0.500. The van der Waals surface area contributed by atoms with E-state index < -0.39 is 0 Å². The first-order valence-corrected chi connectivity index (χ1v) is 6.31. The van der Waals surface area contributed by atoms with Crippen molar-refractivity contribution in [1.82, 2.24) is 4.90 Å². The van der Waals surface area contributed by atoms with Crippen molar-refractivity contribution in [3.8, 4) is 0 Å². The molecule has 0 spiro atoms. The first kappa shape index (κ1) is 15.1. The lowest BCUT2D eigenvalue weighted by molar-refractivity contribution is 0.318. The van der Waals surface area contributed by atoms with Gasteiger partial charge in [-0.05, 0) is 37.6 Å². The Morgan fingerprint density at radius 2 is 1.94 bits per heavy atom. The average Bonchev–Trinajstić information content (AvgIpc) is 2.71. The van der Waals surface area contributed by atoms with Crippen LogP contribution in [0.1, 0.15) is 12.0 Å². The average molecular weight is 296 g/mol. The molecule has 1 fully saturated rings. The SMILES string of the molecule is Cl.NCC1CCN(Cc2c(Cl)cccc2Cl)C1. The van der Waals surface area contributed by atoms with Gasteiger partial charge < -0.3 is 5.73 Å². The van der Waals surface area contributed by atoms with Crippen LogP contribution in [0.5, 0.6) is 0 Å². The number of nitrogens with two attached hydrogens (primary N) is 1. The molecular formula is C12H17Cl3N2. The summed E-state index contributed by atoms with van der Waals surface area (Å²) in [6.45, 7) is 3.74. The summed E-state index contributed by atoms with van der Waals surface area (Å²) in [4.78, 5) is 2.37. The quantitative estimate of drug-likeness (QED) is 0.928. The molecule has 2 rings (SSSR count). The summed E-state index contributed by atoms with van der Waals surface area (Å²) in [5, 5.41) is 1.51. The molecule has 0 aliphatic carbocycles. The molecule has 0 saturated carbocycles. The highest BCUT2D eigenvalue weighted by molar-refractivity contribution is 6.35. The molecule has 1 aromatic carbocycles. The first-order valence-electron chi connectivity index (χ1n) is 5.56. The molecule has 1 aliphatic rings. The monoisotopic (exact) mass is 294 g/mol. The van der Waals surface area contributed by atoms with Gasteiger partial charge in [-0.2, -0.15) is 0 Å². The van der Waals surface area contributed by atoms with Gasteiger partial charge >= 0.3 is 0 Å². The van der Waals surface area contributed by atoms with Gasteiger partial charge in [0.15, 0.2) is 0 Å². The molecule has 17 heavy (non-hydrogen) atoms. The van der Waals surface area contributed by atoms with Crippen LogP contribution < -0.4 is 5.73 Å². The predicted molar refractivity (Wildman–Crippen MR) is 76.1 cm³/mol. The van der Waals surface area contributed by atoms with Crippen LogP contribution in [-0.2, 0) is 6.54 Å². The lowest BCUT2D eigenvalue weighted by Crippen LogP contribution is -2.23. The van der Waals surface area contributed by atoms with E-state index in [1.54, 1.807) is 0 Å². The Kier molecular flexibility index (Phi) is 6.04. The molecule has 0 aromatic heterocycles. The highest BCUT2D eigenvalue weighted by atomic mass is 35.5. The van der Waals surface area contributed by atoms with E-state index in [-0.39, 0.29) is 12.4 Å². The van der Waals surface area contributed by atoms with Crippen molar-refractivity contribution in [2.45, 2.75) is 13.0 Å². The van der Waals surface area contributed by atoms with Gasteiger partial charge in [0.25, 0.3) is 0 Å². The van der Waals surface area contributed by atoms with Crippen molar-refractivity contribution >= 4 is 35.6 Å². The van der Waals surface area contributed by atoms with E-state index >= 15 is 0 Å². The molecule has 0 bridgehead atoms. The minimum atomic E-state index is 0. The Bertz CT molecular complexity index is 351. The summed E-state index contributed by atoms with van der Waals surface area (Å²) in [6.07, 6.45) is 1.18. The van der Waals surface area contributed by atoms with Gasteiger partial charge in [0.05, 0.1) is 0 Å². The number of hydrogen-bond donors (Lipinski definition) is 1. The molecule has 0 amide bonds. The summed E-state index contributed by atoms with van der Waals surface area (Å²) in [7, 11) is 0. The minimum absolute atomic E-state index is 0. The van der Waals surface area contributed by atoms with Crippen LogP contribution in [0.3, 0.4) is 0 Å². The van der Waals surface area contributed by atoms with Gasteiger partial charge in [-0.25, -0.2) is 0 Å². The topological polar surface area (TPSA) is 29.3 Å². The predicted octanol–water partition coefficient (Wildman–Crippen LogP) is 3.20. The third-order valence-electron chi connectivity index (χ3n) is 3.15. The molecule has 1 atom stereocenters. The fourth-order valence-corrected chi connectivity index (χ4v) is 2.67. The van der Waals surface area contributed by atoms with Crippen LogP contribution in [0, 0.1) is 5.92 Å². The van der Waals surface area contributed by atoms with Crippen molar-refractivity contribution in [2.75, 3.05) is 19.6 Å². The number of nitrogens with zero attached hydrogens (tertiary/aromatic N) is 1. The van der Waals surface area contributed by atoms with Crippen molar-refractivity contribution in [2.24, 2.45) is 11.7 Å². The summed E-state index contributed by atoms with van der Waals surface area (Å²) < 4.78 is 0. The maximum atomic E-state index is 6.14. The van der Waals surface area contributed by atoms with Crippen molar-refractivity contribution in [3.05, 3.63) is 33.8 Å². The third kappa shape index (κ3) is 3.73. The molecular weight excluding hydrogens is 279 g/mol. The number of hydrogen-bond acceptors (Lipinski definition) is 2. The van der Waals surface area contributed by atoms with Gasteiger partial charge in [0.1, 0.15) is 0 Å². The van der Waals surface area contributed by atoms with E-state index in [4.69, 9.17) is 28.9 Å². The van der Waals surface area contributed by atoms with E-state index in [1.165, 1.54) is 6.42 Å². The molecule has 1 saturated heterocycles. The second kappa shape index (κ2) is 6.81. The smallest absolute Gasteiger partial charge is 0.0465 e. The van der Waals surface area contributed by atoms with Crippen LogP contribution in [-0.4, -0.2) is 24.5 Å². The lowest BCUT2D eigenvalue weighted by atomic mass is 10.1. The zero-order chi connectivity index (χ0) is 11.5. The Morgan fingerprint density at radius 1 is 1.29 bits per heavy atom. The Balaban J connectivity index is 0.00000144. The first-order chi connectivity index (χ1) is 7.70. The molecule has 0 radical (unpaired) electrons. The van der Waals surface area contributed by atoms with Crippen LogP contribution in [0.4, 0.5) is 0 Å². The standard InChI is InChI=1S/C12H16Cl2N2.ClH/c13-11-2-1-3-12(14)10(11)8-16-5-4-9(6-15)7-16;/h1-3,9H,4-8,15H2;1H. The second-order valence-electron chi connectivity index (χ2n) is 4.33. The van der Waals surface area contributed by atoms with E-state index in [1.807, 2.05) is 18.2 Å². The highest BCUT2D eigenvalue weighted by Gasteiger charge is 2.22. The van der Waals surface area contributed by atoms with Crippen molar-refractivity contribution < 1.29 is 0 Å². The summed E-state index contributed by atoms with van der Waals surface area (Å²) in [6, 6.07) is 5.65. The molecule has 5 heteroatoms. The van der Waals surface area contributed by atoms with E-state index in [0.717, 1.165) is 41.8 Å². The van der Waals surface area contributed by atoms with E-state index in [2.05, 4.69) is 4.90 Å². The summed E-state index contributed by atoms with van der Waals surface area (Å²) in [5.74, 6) is 0.626. The largest absolute Gasteiger partial charge is 0.330 e. The van der Waals surface area contributed by atoms with Crippen molar-refractivity contribution in [3.63, 3.8) is 0 Å². The van der Waals surface area contributed by atoms with Gasteiger partial charge in [-0.15, -0.1) is 12.4 Å². The molecule has 96 valence electrons. The molecule has 1 aliphatic heterocycles. The van der Waals surface area contributed by atoms with Gasteiger partial charge in [-0.1, -0.05) is 29.3 Å². The number of halogens is 3. The maximum absolute atomic E-state index is 6.14. The van der Waals surface area contributed by atoms with Crippen LogP contribution in [0.2, 0.25) is 10.0 Å².